The van der Waals surface area contributed by atoms with Crippen LogP contribution in [0.5, 0.6) is 0 Å². The van der Waals surface area contributed by atoms with Crippen molar-refractivity contribution in [2.75, 3.05) is 0 Å². The van der Waals surface area contributed by atoms with Crippen molar-refractivity contribution in [3.05, 3.63) is 20.3 Å². The average molecular weight is 303 g/mol. The number of aliphatic hydroxyl groups is 1. The number of rotatable bonds is 3. The van der Waals surface area contributed by atoms with E-state index >= 15 is 0 Å². The van der Waals surface area contributed by atoms with E-state index in [2.05, 4.69) is 15.9 Å². The van der Waals surface area contributed by atoms with Crippen molar-refractivity contribution in [1.82, 2.24) is 0 Å². The van der Waals surface area contributed by atoms with E-state index in [-0.39, 0.29) is 6.42 Å². The maximum Gasteiger partial charge on any atom is 0.389 e. The van der Waals surface area contributed by atoms with Crippen LogP contribution < -0.4 is 0 Å². The van der Waals surface area contributed by atoms with Crippen molar-refractivity contribution < 1.29 is 18.3 Å². The molecular weight excluding hydrogens is 293 g/mol. The molecule has 0 saturated heterocycles. The summed E-state index contributed by atoms with van der Waals surface area (Å²) in [6.45, 7) is 1.78. The Labute approximate surface area is 98.1 Å². The summed E-state index contributed by atoms with van der Waals surface area (Å²) in [5.74, 6) is 0. The van der Waals surface area contributed by atoms with Gasteiger partial charge in [-0.1, -0.05) is 0 Å². The number of alkyl halides is 3. The van der Waals surface area contributed by atoms with E-state index in [1.165, 1.54) is 11.3 Å². The molecule has 0 saturated carbocycles. The maximum atomic E-state index is 11.9. The van der Waals surface area contributed by atoms with Gasteiger partial charge in [0.05, 0.1) is 9.89 Å². The van der Waals surface area contributed by atoms with Crippen molar-refractivity contribution in [2.45, 2.75) is 32.0 Å². The quantitative estimate of drug-likeness (QED) is 0.887. The fraction of sp³-hybridized carbons (Fsp3) is 0.556. The topological polar surface area (TPSA) is 20.2 Å². The predicted molar refractivity (Wildman–Crippen MR) is 57.0 cm³/mol. The molecule has 1 atom stereocenters. The van der Waals surface area contributed by atoms with Crippen LogP contribution >= 0.6 is 27.3 Å². The summed E-state index contributed by atoms with van der Waals surface area (Å²) in [5, 5.41) is 9.56. The van der Waals surface area contributed by atoms with Crippen molar-refractivity contribution in [3.63, 3.8) is 0 Å². The molecule has 0 bridgehead atoms. The van der Waals surface area contributed by atoms with Gasteiger partial charge in [0.15, 0.2) is 0 Å². The third kappa shape index (κ3) is 4.12. The molecule has 0 aliphatic rings. The highest BCUT2D eigenvalue weighted by Crippen LogP contribution is 2.34. The lowest BCUT2D eigenvalue weighted by atomic mass is 10.1. The van der Waals surface area contributed by atoms with Crippen molar-refractivity contribution >= 4 is 27.3 Å². The van der Waals surface area contributed by atoms with Gasteiger partial charge in [0.25, 0.3) is 0 Å². The first-order valence-electron chi connectivity index (χ1n) is 4.30. The molecule has 1 aromatic rings. The summed E-state index contributed by atoms with van der Waals surface area (Å²) in [6, 6.07) is 1.67. The van der Waals surface area contributed by atoms with Gasteiger partial charge in [-0.15, -0.1) is 11.3 Å². The fourth-order valence-corrected chi connectivity index (χ4v) is 3.01. The summed E-state index contributed by atoms with van der Waals surface area (Å²) in [5.41, 5.74) is 0.580. The third-order valence-electron chi connectivity index (χ3n) is 1.99. The minimum Gasteiger partial charge on any atom is -0.388 e. The van der Waals surface area contributed by atoms with Gasteiger partial charge >= 0.3 is 6.18 Å². The summed E-state index contributed by atoms with van der Waals surface area (Å²) in [7, 11) is 0. The van der Waals surface area contributed by atoms with Crippen LogP contribution in [0.15, 0.2) is 9.85 Å². The lowest BCUT2D eigenvalue weighted by Crippen LogP contribution is -2.10. The molecule has 15 heavy (non-hydrogen) atoms. The molecule has 6 heteroatoms. The van der Waals surface area contributed by atoms with Crippen molar-refractivity contribution in [2.24, 2.45) is 0 Å². The van der Waals surface area contributed by atoms with Crippen LogP contribution in [0.4, 0.5) is 13.2 Å². The van der Waals surface area contributed by atoms with E-state index in [9.17, 15) is 18.3 Å². The smallest absolute Gasteiger partial charge is 0.388 e. The zero-order valence-corrected chi connectivity index (χ0v) is 10.3. The van der Waals surface area contributed by atoms with Gasteiger partial charge in [0, 0.05) is 11.3 Å². The molecule has 0 fully saturated rings. The number of hydrogen-bond donors (Lipinski definition) is 1. The standard InChI is InChI=1S/C9H10BrF3OS/c1-5-6(4-8(10)15-5)7(14)2-3-9(11,12)13/h4,7,14H,2-3H2,1H3. The Balaban J connectivity index is 2.61. The van der Waals surface area contributed by atoms with E-state index in [4.69, 9.17) is 0 Å². The molecular formula is C9H10BrF3OS. The van der Waals surface area contributed by atoms with Gasteiger partial charge in [-0.2, -0.15) is 13.2 Å². The second-order valence-electron chi connectivity index (χ2n) is 3.23. The van der Waals surface area contributed by atoms with Gasteiger partial charge in [0.2, 0.25) is 0 Å². The molecule has 86 valence electrons. The van der Waals surface area contributed by atoms with Gasteiger partial charge in [-0.05, 0) is 40.9 Å². The molecule has 1 nitrogen and oxygen atoms in total. The third-order valence-corrected chi connectivity index (χ3v) is 3.56. The first-order valence-corrected chi connectivity index (χ1v) is 5.91. The first-order chi connectivity index (χ1) is 6.79. The number of thiophene rings is 1. The lowest BCUT2D eigenvalue weighted by molar-refractivity contribution is -0.140. The maximum absolute atomic E-state index is 11.9. The lowest BCUT2D eigenvalue weighted by Gasteiger charge is -2.11. The minimum atomic E-state index is -4.21. The summed E-state index contributed by atoms with van der Waals surface area (Å²) in [6.07, 6.45) is -6.48. The molecule has 1 heterocycles. The van der Waals surface area contributed by atoms with E-state index in [0.29, 0.717) is 5.56 Å². The molecule has 1 aromatic heterocycles. The largest absolute Gasteiger partial charge is 0.389 e. The Morgan fingerprint density at radius 3 is 2.53 bits per heavy atom. The molecule has 0 radical (unpaired) electrons. The van der Waals surface area contributed by atoms with Crippen LogP contribution in [0, 0.1) is 6.92 Å². The van der Waals surface area contributed by atoms with E-state index in [1.54, 1.807) is 13.0 Å². The normalized spacial score (nSPS) is 14.3. The summed E-state index contributed by atoms with van der Waals surface area (Å²) >= 11 is 4.63. The Morgan fingerprint density at radius 2 is 2.13 bits per heavy atom. The molecule has 1 rings (SSSR count). The van der Waals surface area contributed by atoms with E-state index in [1.807, 2.05) is 0 Å². The van der Waals surface area contributed by atoms with Gasteiger partial charge in [-0.3, -0.25) is 0 Å². The molecule has 0 spiro atoms. The Bertz CT molecular complexity index is 335. The average Bonchev–Trinajstić information content (AvgIpc) is 2.40. The van der Waals surface area contributed by atoms with Crippen LogP contribution in [0.2, 0.25) is 0 Å². The van der Waals surface area contributed by atoms with Gasteiger partial charge < -0.3 is 5.11 Å². The number of halogens is 4. The highest BCUT2D eigenvalue weighted by atomic mass is 79.9. The molecule has 0 amide bonds. The summed E-state index contributed by atoms with van der Waals surface area (Å²) < 4.78 is 36.6. The number of aryl methyl sites for hydroxylation is 1. The van der Waals surface area contributed by atoms with Crippen LogP contribution in [-0.4, -0.2) is 11.3 Å². The zero-order valence-electron chi connectivity index (χ0n) is 7.94. The Kier molecular flexibility index (Phi) is 4.20. The van der Waals surface area contributed by atoms with Crippen molar-refractivity contribution in [3.8, 4) is 0 Å². The molecule has 0 aromatic carbocycles. The monoisotopic (exact) mass is 302 g/mol. The van der Waals surface area contributed by atoms with Crippen molar-refractivity contribution in [1.29, 1.82) is 0 Å². The SMILES string of the molecule is Cc1sc(Br)cc1C(O)CCC(F)(F)F. The van der Waals surface area contributed by atoms with Crippen LogP contribution in [-0.2, 0) is 0 Å². The Morgan fingerprint density at radius 1 is 1.53 bits per heavy atom. The highest BCUT2D eigenvalue weighted by Gasteiger charge is 2.28. The van der Waals surface area contributed by atoms with Gasteiger partial charge in [0.1, 0.15) is 0 Å². The van der Waals surface area contributed by atoms with Crippen LogP contribution in [0.1, 0.15) is 29.4 Å². The number of aliphatic hydroxyl groups excluding tert-OH is 1. The van der Waals surface area contributed by atoms with E-state index < -0.39 is 18.7 Å². The molecule has 0 aliphatic carbocycles. The Hall–Kier alpha value is -0.0700. The highest BCUT2D eigenvalue weighted by molar-refractivity contribution is 9.11. The number of hydrogen-bond acceptors (Lipinski definition) is 2. The second kappa shape index (κ2) is 4.84. The minimum absolute atomic E-state index is 0.284. The first kappa shape index (κ1) is 13.0. The summed E-state index contributed by atoms with van der Waals surface area (Å²) in [4.78, 5) is 0.844. The van der Waals surface area contributed by atoms with Crippen LogP contribution in [0.3, 0.4) is 0 Å². The fourth-order valence-electron chi connectivity index (χ4n) is 1.25. The predicted octanol–water partition coefficient (Wildman–Crippen LogP) is 4.19. The second-order valence-corrected chi connectivity index (χ2v) is 5.87. The molecule has 1 N–H and O–H groups in total. The van der Waals surface area contributed by atoms with Crippen LogP contribution in [0.25, 0.3) is 0 Å². The van der Waals surface area contributed by atoms with E-state index in [0.717, 1.165) is 8.66 Å². The molecule has 1 unspecified atom stereocenters. The van der Waals surface area contributed by atoms with Gasteiger partial charge in [-0.25, -0.2) is 0 Å². The zero-order chi connectivity index (χ0) is 11.6. The molecule has 0 aliphatic heterocycles.